The molecule has 1 aromatic rings. The van der Waals surface area contributed by atoms with Gasteiger partial charge in [0.25, 0.3) is 0 Å². The molecule has 0 aliphatic heterocycles. The minimum Gasteiger partial charge on any atom is -0.493 e. The Morgan fingerprint density at radius 1 is 1.28 bits per heavy atom. The summed E-state index contributed by atoms with van der Waals surface area (Å²) in [5.41, 5.74) is 6.55. The van der Waals surface area contributed by atoms with Gasteiger partial charge in [-0.3, -0.25) is 0 Å². The van der Waals surface area contributed by atoms with Crippen LogP contribution >= 0.6 is 0 Å². The third-order valence-electron chi connectivity index (χ3n) is 3.31. The standard InChI is InChI=1S/C15H21NO2/c1-17-14-9-8-12(5-4-10-16)11-15(14)18-13-6-2-3-7-13/h4,8-11,13H,2-3,5-7,16H2,1H3. The van der Waals surface area contributed by atoms with Crippen LogP contribution in [0.1, 0.15) is 31.2 Å². The van der Waals surface area contributed by atoms with Crippen molar-refractivity contribution in [2.45, 2.75) is 38.2 Å². The van der Waals surface area contributed by atoms with Crippen molar-refractivity contribution in [1.82, 2.24) is 0 Å². The average molecular weight is 247 g/mol. The van der Waals surface area contributed by atoms with Gasteiger partial charge in [0.15, 0.2) is 11.5 Å². The lowest BCUT2D eigenvalue weighted by atomic mass is 10.1. The molecule has 2 rings (SSSR count). The maximum Gasteiger partial charge on any atom is 0.161 e. The number of allylic oxidation sites excluding steroid dienone is 1. The summed E-state index contributed by atoms with van der Waals surface area (Å²) in [6.07, 6.45) is 9.50. The summed E-state index contributed by atoms with van der Waals surface area (Å²) < 4.78 is 11.4. The van der Waals surface area contributed by atoms with Crippen LogP contribution < -0.4 is 15.2 Å². The number of ether oxygens (including phenoxy) is 2. The summed E-state index contributed by atoms with van der Waals surface area (Å²) in [5, 5.41) is 0. The topological polar surface area (TPSA) is 44.5 Å². The zero-order chi connectivity index (χ0) is 12.8. The van der Waals surface area contributed by atoms with E-state index in [9.17, 15) is 0 Å². The SMILES string of the molecule is COc1ccc(CC=CN)cc1OC1CCCC1. The van der Waals surface area contributed by atoms with Gasteiger partial charge >= 0.3 is 0 Å². The van der Waals surface area contributed by atoms with Crippen LogP contribution in [0.25, 0.3) is 0 Å². The van der Waals surface area contributed by atoms with Gasteiger partial charge in [-0.2, -0.15) is 0 Å². The molecule has 2 N–H and O–H groups in total. The van der Waals surface area contributed by atoms with Crippen molar-refractivity contribution >= 4 is 0 Å². The molecule has 1 saturated carbocycles. The Morgan fingerprint density at radius 3 is 2.72 bits per heavy atom. The highest BCUT2D eigenvalue weighted by atomic mass is 16.5. The quantitative estimate of drug-likeness (QED) is 0.869. The second kappa shape index (κ2) is 6.34. The molecule has 0 spiro atoms. The van der Waals surface area contributed by atoms with Crippen molar-refractivity contribution in [3.63, 3.8) is 0 Å². The molecule has 0 unspecified atom stereocenters. The molecular formula is C15H21NO2. The Balaban J connectivity index is 2.13. The summed E-state index contributed by atoms with van der Waals surface area (Å²) in [5.74, 6) is 1.66. The summed E-state index contributed by atoms with van der Waals surface area (Å²) in [6, 6.07) is 6.06. The number of nitrogens with two attached hydrogens (primary N) is 1. The van der Waals surface area contributed by atoms with Crippen molar-refractivity contribution < 1.29 is 9.47 Å². The van der Waals surface area contributed by atoms with Crippen LogP contribution in [0.4, 0.5) is 0 Å². The highest BCUT2D eigenvalue weighted by Crippen LogP contribution is 2.32. The van der Waals surface area contributed by atoms with E-state index < -0.39 is 0 Å². The molecule has 1 fully saturated rings. The van der Waals surface area contributed by atoms with Gasteiger partial charge in [-0.25, -0.2) is 0 Å². The molecule has 3 nitrogen and oxygen atoms in total. The van der Waals surface area contributed by atoms with E-state index in [1.54, 1.807) is 13.3 Å². The van der Waals surface area contributed by atoms with Gasteiger partial charge in [-0.1, -0.05) is 12.1 Å². The normalized spacial score (nSPS) is 16.3. The van der Waals surface area contributed by atoms with Gasteiger partial charge in [0.1, 0.15) is 0 Å². The van der Waals surface area contributed by atoms with E-state index >= 15 is 0 Å². The van der Waals surface area contributed by atoms with Crippen molar-refractivity contribution in [2.75, 3.05) is 7.11 Å². The fourth-order valence-electron chi connectivity index (χ4n) is 2.33. The summed E-state index contributed by atoms with van der Waals surface area (Å²) in [7, 11) is 1.68. The zero-order valence-electron chi connectivity index (χ0n) is 10.9. The van der Waals surface area contributed by atoms with Crippen LogP contribution in [-0.4, -0.2) is 13.2 Å². The molecule has 0 saturated heterocycles. The first-order valence-corrected chi connectivity index (χ1v) is 6.54. The maximum atomic E-state index is 6.04. The Kier molecular flexibility index (Phi) is 4.51. The summed E-state index contributed by atoms with van der Waals surface area (Å²) in [4.78, 5) is 0. The van der Waals surface area contributed by atoms with Crippen LogP contribution in [0, 0.1) is 0 Å². The Hall–Kier alpha value is -1.64. The molecule has 0 atom stereocenters. The molecule has 0 amide bonds. The maximum absolute atomic E-state index is 6.04. The monoisotopic (exact) mass is 247 g/mol. The van der Waals surface area contributed by atoms with E-state index in [-0.39, 0.29) is 0 Å². The molecule has 1 aliphatic rings. The van der Waals surface area contributed by atoms with Gasteiger partial charge in [-0.05, 0) is 56.0 Å². The van der Waals surface area contributed by atoms with Crippen molar-refractivity contribution in [1.29, 1.82) is 0 Å². The molecule has 0 radical (unpaired) electrons. The number of rotatable bonds is 5. The second-order valence-corrected chi connectivity index (χ2v) is 4.64. The van der Waals surface area contributed by atoms with Gasteiger partial charge in [0.2, 0.25) is 0 Å². The lowest BCUT2D eigenvalue weighted by Crippen LogP contribution is -2.11. The Bertz CT molecular complexity index is 409. The van der Waals surface area contributed by atoms with Gasteiger partial charge in [0.05, 0.1) is 13.2 Å². The fraction of sp³-hybridized carbons (Fsp3) is 0.467. The number of hydrogen-bond acceptors (Lipinski definition) is 3. The van der Waals surface area contributed by atoms with E-state index in [0.29, 0.717) is 6.10 Å². The molecule has 98 valence electrons. The Morgan fingerprint density at radius 2 is 2.06 bits per heavy atom. The average Bonchev–Trinajstić information content (AvgIpc) is 2.89. The second-order valence-electron chi connectivity index (χ2n) is 4.64. The van der Waals surface area contributed by atoms with E-state index in [0.717, 1.165) is 30.8 Å². The van der Waals surface area contributed by atoms with Gasteiger partial charge < -0.3 is 15.2 Å². The van der Waals surface area contributed by atoms with Crippen LogP contribution in [-0.2, 0) is 6.42 Å². The molecule has 1 aliphatic carbocycles. The minimum atomic E-state index is 0.346. The third-order valence-corrected chi connectivity index (χ3v) is 3.31. The predicted molar refractivity (Wildman–Crippen MR) is 72.9 cm³/mol. The molecule has 1 aromatic carbocycles. The summed E-state index contributed by atoms with van der Waals surface area (Å²) >= 11 is 0. The van der Waals surface area contributed by atoms with Crippen molar-refractivity contribution in [3.05, 3.63) is 36.0 Å². The minimum absolute atomic E-state index is 0.346. The predicted octanol–water partition coefficient (Wildman–Crippen LogP) is 3.03. The highest BCUT2D eigenvalue weighted by molar-refractivity contribution is 5.43. The molecular weight excluding hydrogens is 226 g/mol. The Labute approximate surface area is 109 Å². The van der Waals surface area contributed by atoms with Crippen LogP contribution in [0.5, 0.6) is 11.5 Å². The van der Waals surface area contributed by atoms with E-state index in [4.69, 9.17) is 15.2 Å². The van der Waals surface area contributed by atoms with Gasteiger partial charge in [-0.15, -0.1) is 0 Å². The number of methoxy groups -OCH3 is 1. The largest absolute Gasteiger partial charge is 0.493 e. The van der Waals surface area contributed by atoms with E-state index in [1.165, 1.54) is 18.4 Å². The lowest BCUT2D eigenvalue weighted by molar-refractivity contribution is 0.200. The highest BCUT2D eigenvalue weighted by Gasteiger charge is 2.18. The number of benzene rings is 1. The van der Waals surface area contributed by atoms with Crippen molar-refractivity contribution in [2.24, 2.45) is 5.73 Å². The van der Waals surface area contributed by atoms with Gasteiger partial charge in [0, 0.05) is 0 Å². The fourth-order valence-corrected chi connectivity index (χ4v) is 2.33. The molecule has 0 bridgehead atoms. The van der Waals surface area contributed by atoms with Crippen LogP contribution in [0.15, 0.2) is 30.5 Å². The molecule has 18 heavy (non-hydrogen) atoms. The van der Waals surface area contributed by atoms with Crippen molar-refractivity contribution in [3.8, 4) is 11.5 Å². The summed E-state index contributed by atoms with van der Waals surface area (Å²) in [6.45, 7) is 0. The first-order chi connectivity index (χ1) is 8.83. The lowest BCUT2D eigenvalue weighted by Gasteiger charge is -2.16. The first-order valence-electron chi connectivity index (χ1n) is 6.54. The third kappa shape index (κ3) is 3.19. The van der Waals surface area contributed by atoms with Crippen LogP contribution in [0.3, 0.4) is 0 Å². The van der Waals surface area contributed by atoms with E-state index in [2.05, 4.69) is 6.07 Å². The molecule has 0 heterocycles. The van der Waals surface area contributed by atoms with Crippen LogP contribution in [0.2, 0.25) is 0 Å². The first kappa shape index (κ1) is 12.8. The smallest absolute Gasteiger partial charge is 0.161 e. The molecule has 3 heteroatoms. The van der Waals surface area contributed by atoms with E-state index in [1.807, 2.05) is 18.2 Å². The number of hydrogen-bond donors (Lipinski definition) is 1. The zero-order valence-corrected chi connectivity index (χ0v) is 10.9. The molecule has 0 aromatic heterocycles.